The van der Waals surface area contributed by atoms with Gasteiger partial charge >= 0.3 is 11.9 Å². The summed E-state index contributed by atoms with van der Waals surface area (Å²) in [5.74, 6) is -1.86. The minimum absolute atomic E-state index is 0.0401. The molecule has 0 aliphatic carbocycles. The number of benzene rings is 1. The number of aromatic hydroxyl groups is 1. The molecule has 162 valence electrons. The molecule has 0 saturated heterocycles. The first-order valence-corrected chi connectivity index (χ1v) is 9.54. The number of phenolic OH excluding ortho intramolecular Hbond substituents is 1. The normalized spacial score (nSPS) is 12.3. The van der Waals surface area contributed by atoms with Crippen LogP contribution in [0.25, 0.3) is 0 Å². The maximum atomic E-state index is 12.7. The highest BCUT2D eigenvalue weighted by molar-refractivity contribution is 6.03. The van der Waals surface area contributed by atoms with Crippen LogP contribution in [-0.2, 0) is 14.3 Å². The van der Waals surface area contributed by atoms with Gasteiger partial charge in [-0.2, -0.15) is 0 Å². The summed E-state index contributed by atoms with van der Waals surface area (Å²) >= 11 is 0. The molecule has 3 N–H and O–H groups in total. The molecule has 30 heavy (non-hydrogen) atoms. The van der Waals surface area contributed by atoms with Gasteiger partial charge in [0.2, 0.25) is 5.78 Å². The van der Waals surface area contributed by atoms with E-state index in [4.69, 9.17) is 9.47 Å². The van der Waals surface area contributed by atoms with Gasteiger partial charge < -0.3 is 24.7 Å². The molecule has 0 fully saturated rings. The van der Waals surface area contributed by atoms with Gasteiger partial charge in [0.1, 0.15) is 11.4 Å². The van der Waals surface area contributed by atoms with E-state index in [0.29, 0.717) is 16.8 Å². The van der Waals surface area contributed by atoms with Crippen LogP contribution in [0.5, 0.6) is 5.75 Å². The molecule has 8 heteroatoms. The van der Waals surface area contributed by atoms with Crippen molar-refractivity contribution in [3.05, 3.63) is 52.3 Å². The lowest BCUT2D eigenvalue weighted by molar-refractivity contribution is -0.159. The van der Waals surface area contributed by atoms with Gasteiger partial charge in [-0.25, -0.2) is 4.79 Å². The first-order chi connectivity index (χ1) is 14.0. The zero-order chi connectivity index (χ0) is 22.6. The Bertz CT molecular complexity index is 958. The molecule has 8 nitrogen and oxygen atoms in total. The number of aromatic amines is 1. The van der Waals surface area contributed by atoms with Crippen LogP contribution < -0.4 is 0 Å². The highest BCUT2D eigenvalue weighted by atomic mass is 16.5. The number of aliphatic hydroxyl groups is 1. The molecule has 0 aliphatic heterocycles. The first kappa shape index (κ1) is 23.2. The Kier molecular flexibility index (Phi) is 7.04. The number of aryl methyl sites for hydroxylation is 1. The lowest BCUT2D eigenvalue weighted by atomic mass is 9.82. The molecule has 0 radical (unpaired) electrons. The van der Waals surface area contributed by atoms with Crippen molar-refractivity contribution in [3.8, 4) is 5.75 Å². The van der Waals surface area contributed by atoms with Crippen molar-refractivity contribution < 1.29 is 34.1 Å². The van der Waals surface area contributed by atoms with Crippen molar-refractivity contribution in [2.75, 3.05) is 13.2 Å². The average Bonchev–Trinajstić information content (AvgIpc) is 2.99. The SMILES string of the molecule is CCOC(=O)c1[nH]c(C)c(C(=O)COC(=O)C(C)(C)[C@H](O)c2cccc(O)c2)c1C. The Morgan fingerprint density at radius 1 is 1.17 bits per heavy atom. The number of ketones is 1. The Morgan fingerprint density at radius 2 is 1.83 bits per heavy atom. The molecule has 1 atom stereocenters. The minimum atomic E-state index is -1.37. The average molecular weight is 417 g/mol. The Balaban J connectivity index is 2.12. The zero-order valence-electron chi connectivity index (χ0n) is 17.7. The van der Waals surface area contributed by atoms with Crippen molar-refractivity contribution in [1.82, 2.24) is 4.98 Å². The second-order valence-electron chi connectivity index (χ2n) is 7.56. The van der Waals surface area contributed by atoms with Crippen LogP contribution in [0.1, 0.15) is 64.5 Å². The molecule has 0 bridgehead atoms. The molecule has 1 aromatic carbocycles. The van der Waals surface area contributed by atoms with E-state index in [1.165, 1.54) is 26.0 Å². The summed E-state index contributed by atoms with van der Waals surface area (Å²) in [4.78, 5) is 40.1. The number of carbonyl (C=O) groups excluding carboxylic acids is 3. The molecule has 0 unspecified atom stereocenters. The number of phenols is 1. The summed E-state index contributed by atoms with van der Waals surface area (Å²) in [5, 5.41) is 20.2. The number of H-pyrrole nitrogens is 1. The number of hydrogen-bond donors (Lipinski definition) is 3. The number of ether oxygens (including phenoxy) is 2. The molecule has 2 aromatic rings. The lowest BCUT2D eigenvalue weighted by Gasteiger charge is -2.28. The highest BCUT2D eigenvalue weighted by Crippen LogP contribution is 2.35. The Labute approximate surface area is 174 Å². The molecule has 0 aliphatic rings. The summed E-state index contributed by atoms with van der Waals surface area (Å²) in [5.41, 5.74) is 0.314. The first-order valence-electron chi connectivity index (χ1n) is 9.54. The summed E-state index contributed by atoms with van der Waals surface area (Å²) < 4.78 is 10.1. The van der Waals surface area contributed by atoms with Crippen LogP contribution >= 0.6 is 0 Å². The number of carbonyl (C=O) groups is 3. The van der Waals surface area contributed by atoms with Crippen LogP contribution in [0.15, 0.2) is 24.3 Å². The smallest absolute Gasteiger partial charge is 0.355 e. The number of esters is 2. The van der Waals surface area contributed by atoms with Crippen LogP contribution in [0, 0.1) is 19.3 Å². The van der Waals surface area contributed by atoms with Crippen molar-refractivity contribution >= 4 is 17.7 Å². The largest absolute Gasteiger partial charge is 0.508 e. The third kappa shape index (κ3) is 4.71. The molecular weight excluding hydrogens is 390 g/mol. The van der Waals surface area contributed by atoms with E-state index in [1.807, 2.05) is 0 Å². The van der Waals surface area contributed by atoms with Gasteiger partial charge in [-0.05, 0) is 57.9 Å². The topological polar surface area (TPSA) is 126 Å². The fourth-order valence-corrected chi connectivity index (χ4v) is 3.19. The van der Waals surface area contributed by atoms with E-state index in [0.717, 1.165) is 0 Å². The van der Waals surface area contributed by atoms with E-state index in [2.05, 4.69) is 4.98 Å². The van der Waals surface area contributed by atoms with E-state index in [1.54, 1.807) is 32.9 Å². The minimum Gasteiger partial charge on any atom is -0.508 e. The summed E-state index contributed by atoms with van der Waals surface area (Å²) in [6, 6.07) is 5.94. The number of Topliss-reactive ketones (excluding diaryl/α,β-unsaturated/α-hetero) is 1. The predicted molar refractivity (Wildman–Crippen MR) is 108 cm³/mol. The third-order valence-corrected chi connectivity index (χ3v) is 4.93. The second kappa shape index (κ2) is 9.13. The van der Waals surface area contributed by atoms with Gasteiger partial charge in [0.05, 0.1) is 18.1 Å². The van der Waals surface area contributed by atoms with Gasteiger partial charge in [-0.15, -0.1) is 0 Å². The van der Waals surface area contributed by atoms with E-state index >= 15 is 0 Å². The second-order valence-corrected chi connectivity index (χ2v) is 7.56. The van der Waals surface area contributed by atoms with Gasteiger partial charge in [0.25, 0.3) is 0 Å². The molecular formula is C22H27NO7. The highest BCUT2D eigenvalue weighted by Gasteiger charge is 2.39. The standard InChI is InChI=1S/C22H27NO7/c1-6-29-20(27)18-12(2)17(13(3)23-18)16(25)11-30-21(28)22(4,5)19(26)14-8-7-9-15(24)10-14/h7-10,19,23-24,26H,6,11H2,1-5H3/t19-/m1/s1. The number of hydrogen-bond acceptors (Lipinski definition) is 7. The Hall–Kier alpha value is -3.13. The lowest BCUT2D eigenvalue weighted by Crippen LogP contribution is -2.34. The molecule has 0 saturated carbocycles. The molecule has 1 aromatic heterocycles. The van der Waals surface area contributed by atoms with Gasteiger partial charge in [0, 0.05) is 11.3 Å². The van der Waals surface area contributed by atoms with Crippen molar-refractivity contribution in [2.24, 2.45) is 5.41 Å². The van der Waals surface area contributed by atoms with Crippen molar-refractivity contribution in [2.45, 2.75) is 40.7 Å². The van der Waals surface area contributed by atoms with Crippen LogP contribution in [-0.4, -0.2) is 46.1 Å². The number of nitrogens with one attached hydrogen (secondary N) is 1. The number of aliphatic hydroxyl groups excluding tert-OH is 1. The Morgan fingerprint density at radius 3 is 2.43 bits per heavy atom. The van der Waals surface area contributed by atoms with Crippen LogP contribution in [0.4, 0.5) is 0 Å². The fourth-order valence-electron chi connectivity index (χ4n) is 3.19. The molecule has 0 spiro atoms. The maximum Gasteiger partial charge on any atom is 0.355 e. The summed E-state index contributed by atoms with van der Waals surface area (Å²) in [7, 11) is 0. The van der Waals surface area contributed by atoms with E-state index < -0.39 is 35.8 Å². The molecule has 2 rings (SSSR count). The third-order valence-electron chi connectivity index (χ3n) is 4.93. The van der Waals surface area contributed by atoms with Crippen LogP contribution in [0.2, 0.25) is 0 Å². The van der Waals surface area contributed by atoms with Gasteiger partial charge in [-0.1, -0.05) is 12.1 Å². The molecule has 0 amide bonds. The van der Waals surface area contributed by atoms with Gasteiger partial charge in [-0.3, -0.25) is 9.59 Å². The fraction of sp³-hybridized carbons (Fsp3) is 0.409. The van der Waals surface area contributed by atoms with E-state index in [9.17, 15) is 24.6 Å². The molecule has 1 heterocycles. The zero-order valence-corrected chi connectivity index (χ0v) is 17.7. The predicted octanol–water partition coefficient (Wildman–Crippen LogP) is 3.00. The number of aromatic nitrogens is 1. The quantitative estimate of drug-likeness (QED) is 0.445. The number of rotatable bonds is 8. The van der Waals surface area contributed by atoms with Crippen molar-refractivity contribution in [1.29, 1.82) is 0 Å². The summed E-state index contributed by atoms with van der Waals surface area (Å²) in [6.45, 7) is 7.56. The van der Waals surface area contributed by atoms with E-state index in [-0.39, 0.29) is 23.6 Å². The monoisotopic (exact) mass is 417 g/mol. The van der Waals surface area contributed by atoms with Crippen molar-refractivity contribution in [3.63, 3.8) is 0 Å². The summed E-state index contributed by atoms with van der Waals surface area (Å²) in [6.07, 6.45) is -1.25. The van der Waals surface area contributed by atoms with Crippen LogP contribution in [0.3, 0.4) is 0 Å². The maximum absolute atomic E-state index is 12.7. The van der Waals surface area contributed by atoms with Gasteiger partial charge in [0.15, 0.2) is 6.61 Å².